The van der Waals surface area contributed by atoms with E-state index in [1.54, 1.807) is 12.3 Å². The number of esters is 1. The molecule has 7 heteroatoms. The largest absolute Gasteiger partial charge is 0.469 e. The Labute approximate surface area is 138 Å². The molecule has 1 aromatic carbocycles. The Morgan fingerprint density at radius 1 is 1.30 bits per heavy atom. The van der Waals surface area contributed by atoms with Crippen molar-refractivity contribution in [2.24, 2.45) is 0 Å². The highest BCUT2D eigenvalue weighted by atomic mass is 35.5. The zero-order valence-corrected chi connectivity index (χ0v) is 13.4. The van der Waals surface area contributed by atoms with Crippen molar-refractivity contribution >= 4 is 23.5 Å². The van der Waals surface area contributed by atoms with Crippen molar-refractivity contribution in [3.05, 3.63) is 41.4 Å². The molecule has 1 amide bonds. The maximum atomic E-state index is 11.7. The van der Waals surface area contributed by atoms with Gasteiger partial charge in [0.1, 0.15) is 0 Å². The molecule has 0 fully saturated rings. The molecule has 0 saturated heterocycles. The quantitative estimate of drug-likeness (QED) is 0.786. The lowest BCUT2D eigenvalue weighted by Crippen LogP contribution is -2.26. The first-order chi connectivity index (χ1) is 11.1. The van der Waals surface area contributed by atoms with Crippen molar-refractivity contribution in [3.63, 3.8) is 0 Å². The predicted octanol–water partition coefficient (Wildman–Crippen LogP) is 2.61. The smallest absolute Gasteiger partial charge is 0.307 e. The van der Waals surface area contributed by atoms with Crippen LogP contribution >= 0.6 is 11.6 Å². The molecule has 2 rings (SSSR count). The number of aromatic nitrogens is 1. The predicted molar refractivity (Wildman–Crippen MR) is 84.9 cm³/mol. The number of benzene rings is 1. The number of nitrogens with one attached hydrogen (secondary N) is 1. The van der Waals surface area contributed by atoms with Crippen LogP contribution in [0.1, 0.15) is 18.7 Å². The first-order valence-electron chi connectivity index (χ1n) is 7.13. The molecular formula is C16H17ClN2O4. The Hall–Kier alpha value is -2.34. The number of aryl methyl sites for hydroxylation is 1. The summed E-state index contributed by atoms with van der Waals surface area (Å²) < 4.78 is 10.1. The molecule has 0 saturated carbocycles. The average molecular weight is 337 g/mol. The standard InChI is InChI=1S/C16H17ClN2O4/c1-22-16(21)8-9-18-14(20)6-7-15-19-10-13(23-15)11-4-2-3-5-12(11)17/h2-5,10H,6-9H2,1H3,(H,18,20). The Balaban J connectivity index is 1.82. The van der Waals surface area contributed by atoms with Gasteiger partial charge >= 0.3 is 5.97 Å². The van der Waals surface area contributed by atoms with Gasteiger partial charge in [-0.25, -0.2) is 4.98 Å². The second kappa shape index (κ2) is 8.33. The number of carbonyl (C=O) groups is 2. The summed E-state index contributed by atoms with van der Waals surface area (Å²) in [6.07, 6.45) is 2.34. The van der Waals surface area contributed by atoms with E-state index in [0.717, 1.165) is 5.56 Å². The molecule has 0 radical (unpaired) electrons. The molecule has 122 valence electrons. The van der Waals surface area contributed by atoms with E-state index >= 15 is 0 Å². The maximum absolute atomic E-state index is 11.7. The van der Waals surface area contributed by atoms with Gasteiger partial charge in [0.2, 0.25) is 5.91 Å². The third-order valence-corrected chi connectivity index (χ3v) is 3.47. The summed E-state index contributed by atoms with van der Waals surface area (Å²) >= 11 is 6.10. The summed E-state index contributed by atoms with van der Waals surface area (Å²) in [6.45, 7) is 0.252. The molecule has 1 heterocycles. The SMILES string of the molecule is COC(=O)CCNC(=O)CCc1ncc(-c2ccccc2Cl)o1. The Bertz CT molecular complexity index is 684. The minimum Gasteiger partial charge on any atom is -0.469 e. The zero-order chi connectivity index (χ0) is 16.7. The van der Waals surface area contributed by atoms with Crippen LogP contribution in [-0.4, -0.2) is 30.5 Å². The van der Waals surface area contributed by atoms with E-state index in [1.165, 1.54) is 7.11 Å². The van der Waals surface area contributed by atoms with E-state index in [1.807, 2.05) is 18.2 Å². The maximum Gasteiger partial charge on any atom is 0.307 e. The van der Waals surface area contributed by atoms with Crippen LogP contribution < -0.4 is 5.32 Å². The lowest BCUT2D eigenvalue weighted by molar-refractivity contribution is -0.140. The van der Waals surface area contributed by atoms with Crippen LogP contribution in [-0.2, 0) is 20.7 Å². The second-order valence-corrected chi connectivity index (χ2v) is 5.18. The fraction of sp³-hybridized carbons (Fsp3) is 0.312. The summed E-state index contributed by atoms with van der Waals surface area (Å²) in [5.41, 5.74) is 0.760. The molecule has 23 heavy (non-hydrogen) atoms. The molecular weight excluding hydrogens is 320 g/mol. The number of hydrogen-bond acceptors (Lipinski definition) is 5. The fourth-order valence-corrected chi connectivity index (χ4v) is 2.16. The van der Waals surface area contributed by atoms with E-state index in [9.17, 15) is 9.59 Å². The van der Waals surface area contributed by atoms with Crippen LogP contribution in [0.2, 0.25) is 5.02 Å². The number of halogens is 1. The van der Waals surface area contributed by atoms with E-state index in [-0.39, 0.29) is 31.3 Å². The van der Waals surface area contributed by atoms with Gasteiger partial charge in [-0.1, -0.05) is 23.7 Å². The first-order valence-corrected chi connectivity index (χ1v) is 7.51. The van der Waals surface area contributed by atoms with Gasteiger partial charge in [0.25, 0.3) is 0 Å². The van der Waals surface area contributed by atoms with Gasteiger partial charge in [-0.05, 0) is 12.1 Å². The molecule has 6 nitrogen and oxygen atoms in total. The van der Waals surface area contributed by atoms with Crippen LogP contribution in [0, 0.1) is 0 Å². The van der Waals surface area contributed by atoms with E-state index < -0.39 is 0 Å². The second-order valence-electron chi connectivity index (χ2n) is 4.77. The molecule has 0 aliphatic heterocycles. The summed E-state index contributed by atoms with van der Waals surface area (Å²) in [5.74, 6) is 0.494. The Kier molecular flexibility index (Phi) is 6.17. The number of hydrogen-bond donors (Lipinski definition) is 1. The van der Waals surface area contributed by atoms with Crippen LogP contribution in [0.5, 0.6) is 0 Å². The van der Waals surface area contributed by atoms with Crippen molar-refractivity contribution in [2.45, 2.75) is 19.3 Å². The first kappa shape index (κ1) is 17.0. The van der Waals surface area contributed by atoms with E-state index in [0.29, 0.717) is 23.1 Å². The van der Waals surface area contributed by atoms with Gasteiger partial charge in [-0.2, -0.15) is 0 Å². The van der Waals surface area contributed by atoms with Gasteiger partial charge in [-0.3, -0.25) is 9.59 Å². The van der Waals surface area contributed by atoms with Gasteiger partial charge < -0.3 is 14.5 Å². The highest BCUT2D eigenvalue weighted by Crippen LogP contribution is 2.28. The molecule has 0 aliphatic rings. The molecule has 2 aromatic rings. The number of carbonyl (C=O) groups excluding carboxylic acids is 2. The molecule has 0 atom stereocenters. The summed E-state index contributed by atoms with van der Waals surface area (Å²) in [6, 6.07) is 7.31. The van der Waals surface area contributed by atoms with Gasteiger partial charge in [0.05, 0.1) is 24.8 Å². The van der Waals surface area contributed by atoms with Crippen LogP contribution in [0.3, 0.4) is 0 Å². The van der Waals surface area contributed by atoms with Gasteiger partial charge in [0.15, 0.2) is 11.7 Å². The monoisotopic (exact) mass is 336 g/mol. The molecule has 0 aliphatic carbocycles. The van der Waals surface area contributed by atoms with Gasteiger partial charge in [-0.15, -0.1) is 0 Å². The number of ether oxygens (including phenoxy) is 1. The van der Waals surface area contributed by atoms with Crippen molar-refractivity contribution in [3.8, 4) is 11.3 Å². The number of methoxy groups -OCH3 is 1. The molecule has 0 unspecified atom stereocenters. The topological polar surface area (TPSA) is 81.4 Å². The van der Waals surface area contributed by atoms with Gasteiger partial charge in [0, 0.05) is 24.9 Å². The minimum absolute atomic E-state index is 0.151. The van der Waals surface area contributed by atoms with Crippen molar-refractivity contribution in [1.82, 2.24) is 10.3 Å². The Morgan fingerprint density at radius 2 is 2.09 bits per heavy atom. The van der Waals surface area contributed by atoms with Crippen molar-refractivity contribution < 1.29 is 18.7 Å². The van der Waals surface area contributed by atoms with Crippen molar-refractivity contribution in [2.75, 3.05) is 13.7 Å². The van der Waals surface area contributed by atoms with Crippen LogP contribution in [0.25, 0.3) is 11.3 Å². The summed E-state index contributed by atoms with van der Waals surface area (Å²) in [4.78, 5) is 26.7. The van der Waals surface area contributed by atoms with E-state index in [4.69, 9.17) is 16.0 Å². The third kappa shape index (κ3) is 5.10. The number of rotatable bonds is 7. The summed E-state index contributed by atoms with van der Waals surface area (Å²) in [5, 5.41) is 3.21. The zero-order valence-electron chi connectivity index (χ0n) is 12.7. The molecule has 1 N–H and O–H groups in total. The highest BCUT2D eigenvalue weighted by Gasteiger charge is 2.11. The lowest BCUT2D eigenvalue weighted by atomic mass is 10.2. The normalized spacial score (nSPS) is 10.3. The van der Waals surface area contributed by atoms with E-state index in [2.05, 4.69) is 15.0 Å². The molecule has 1 aromatic heterocycles. The van der Waals surface area contributed by atoms with Crippen LogP contribution in [0.4, 0.5) is 0 Å². The van der Waals surface area contributed by atoms with Crippen LogP contribution in [0.15, 0.2) is 34.9 Å². The number of oxazole rings is 1. The minimum atomic E-state index is -0.359. The Morgan fingerprint density at radius 3 is 2.83 bits per heavy atom. The number of amides is 1. The average Bonchev–Trinajstić information content (AvgIpc) is 3.02. The third-order valence-electron chi connectivity index (χ3n) is 3.14. The molecule has 0 bridgehead atoms. The lowest BCUT2D eigenvalue weighted by Gasteiger charge is -2.03. The fourth-order valence-electron chi connectivity index (χ4n) is 1.93. The summed E-state index contributed by atoms with van der Waals surface area (Å²) in [7, 11) is 1.31. The molecule has 0 spiro atoms. The number of nitrogens with zero attached hydrogens (tertiary/aromatic N) is 1. The highest BCUT2D eigenvalue weighted by molar-refractivity contribution is 6.33. The van der Waals surface area contributed by atoms with Crippen molar-refractivity contribution in [1.29, 1.82) is 0 Å².